The Hall–Kier alpha value is -0.260. The molecule has 106 valence electrons. The summed E-state index contributed by atoms with van der Waals surface area (Å²) in [7, 11) is 0. The second-order valence-corrected chi connectivity index (χ2v) is 6.48. The third kappa shape index (κ3) is 4.44. The van der Waals surface area contributed by atoms with Gasteiger partial charge < -0.3 is 10.0 Å². The van der Waals surface area contributed by atoms with Crippen molar-refractivity contribution in [2.24, 2.45) is 0 Å². The van der Waals surface area contributed by atoms with E-state index in [2.05, 4.69) is 4.90 Å². The van der Waals surface area contributed by atoms with Gasteiger partial charge in [-0.15, -0.1) is 0 Å². The molecule has 0 radical (unpaired) electrons. The minimum absolute atomic E-state index is 0.0768. The maximum Gasteiger partial charge on any atom is 0.239 e. The van der Waals surface area contributed by atoms with Crippen molar-refractivity contribution in [1.29, 1.82) is 0 Å². The van der Waals surface area contributed by atoms with E-state index in [-0.39, 0.29) is 18.0 Å². The molecule has 0 bridgehead atoms. The van der Waals surface area contributed by atoms with Gasteiger partial charge in [-0.25, -0.2) is 0 Å². The SMILES string of the molecule is CC(O)CN(C(=O)C(C)N1CCSCC1)C(C)C. The first kappa shape index (κ1) is 15.8. The highest BCUT2D eigenvalue weighted by Crippen LogP contribution is 2.15. The second-order valence-electron chi connectivity index (χ2n) is 5.26. The predicted octanol–water partition coefficient (Wildman–Crippen LogP) is 1.04. The number of carbonyl (C=O) groups excluding carboxylic acids is 1. The van der Waals surface area contributed by atoms with Gasteiger partial charge in [-0.2, -0.15) is 11.8 Å². The van der Waals surface area contributed by atoms with E-state index < -0.39 is 6.10 Å². The molecule has 1 saturated heterocycles. The van der Waals surface area contributed by atoms with Gasteiger partial charge >= 0.3 is 0 Å². The zero-order valence-electron chi connectivity index (χ0n) is 11.9. The summed E-state index contributed by atoms with van der Waals surface area (Å²) < 4.78 is 0. The number of rotatable bonds is 5. The maximum absolute atomic E-state index is 12.5. The van der Waals surface area contributed by atoms with Gasteiger partial charge in [0.25, 0.3) is 0 Å². The van der Waals surface area contributed by atoms with Crippen LogP contribution in [0.4, 0.5) is 0 Å². The lowest BCUT2D eigenvalue weighted by atomic mass is 10.2. The van der Waals surface area contributed by atoms with Crippen LogP contribution in [0.1, 0.15) is 27.7 Å². The fourth-order valence-corrected chi connectivity index (χ4v) is 3.13. The summed E-state index contributed by atoms with van der Waals surface area (Å²) >= 11 is 1.95. The van der Waals surface area contributed by atoms with E-state index in [0.717, 1.165) is 24.6 Å². The second kappa shape index (κ2) is 7.36. The molecule has 4 nitrogen and oxygen atoms in total. The molecule has 1 N–H and O–H groups in total. The summed E-state index contributed by atoms with van der Waals surface area (Å²) in [5.41, 5.74) is 0. The average molecular weight is 274 g/mol. The van der Waals surface area contributed by atoms with E-state index in [0.29, 0.717) is 6.54 Å². The van der Waals surface area contributed by atoms with Crippen LogP contribution in [-0.4, -0.2) is 70.1 Å². The molecule has 18 heavy (non-hydrogen) atoms. The van der Waals surface area contributed by atoms with Crippen LogP contribution in [0.3, 0.4) is 0 Å². The molecule has 1 amide bonds. The molecular weight excluding hydrogens is 248 g/mol. The van der Waals surface area contributed by atoms with Gasteiger partial charge in [-0.05, 0) is 27.7 Å². The van der Waals surface area contributed by atoms with E-state index in [9.17, 15) is 9.90 Å². The lowest BCUT2D eigenvalue weighted by Gasteiger charge is -2.36. The molecule has 1 aliphatic heterocycles. The van der Waals surface area contributed by atoms with Gasteiger partial charge in [-0.1, -0.05) is 0 Å². The minimum Gasteiger partial charge on any atom is -0.392 e. The fourth-order valence-electron chi connectivity index (χ4n) is 2.20. The van der Waals surface area contributed by atoms with Crippen molar-refractivity contribution in [3.8, 4) is 0 Å². The summed E-state index contributed by atoms with van der Waals surface area (Å²) in [6.07, 6.45) is -0.472. The van der Waals surface area contributed by atoms with Crippen LogP contribution in [0.25, 0.3) is 0 Å². The van der Waals surface area contributed by atoms with Crippen LogP contribution < -0.4 is 0 Å². The highest BCUT2D eigenvalue weighted by Gasteiger charge is 2.28. The highest BCUT2D eigenvalue weighted by molar-refractivity contribution is 7.99. The Morgan fingerprint density at radius 3 is 2.28 bits per heavy atom. The van der Waals surface area contributed by atoms with Crippen LogP contribution in [0.5, 0.6) is 0 Å². The first-order valence-electron chi connectivity index (χ1n) is 6.73. The largest absolute Gasteiger partial charge is 0.392 e. The summed E-state index contributed by atoms with van der Waals surface area (Å²) in [6.45, 7) is 10.1. The quantitative estimate of drug-likeness (QED) is 0.813. The highest BCUT2D eigenvalue weighted by atomic mass is 32.2. The van der Waals surface area contributed by atoms with Crippen LogP contribution in [0, 0.1) is 0 Å². The van der Waals surface area contributed by atoms with Crippen LogP contribution in [0.15, 0.2) is 0 Å². The van der Waals surface area contributed by atoms with E-state index in [1.54, 1.807) is 11.8 Å². The summed E-state index contributed by atoms with van der Waals surface area (Å²) in [5.74, 6) is 2.35. The summed E-state index contributed by atoms with van der Waals surface area (Å²) in [6, 6.07) is 0.0563. The van der Waals surface area contributed by atoms with Crippen molar-refractivity contribution < 1.29 is 9.90 Å². The van der Waals surface area contributed by atoms with E-state index in [4.69, 9.17) is 0 Å². The first-order valence-corrected chi connectivity index (χ1v) is 7.89. The van der Waals surface area contributed by atoms with Crippen molar-refractivity contribution in [3.63, 3.8) is 0 Å². The maximum atomic E-state index is 12.5. The summed E-state index contributed by atoms with van der Waals surface area (Å²) in [4.78, 5) is 16.5. The Balaban J connectivity index is 2.63. The van der Waals surface area contributed by atoms with Gasteiger partial charge in [-0.3, -0.25) is 9.69 Å². The number of hydrogen-bond acceptors (Lipinski definition) is 4. The molecule has 0 aliphatic carbocycles. The van der Waals surface area contributed by atoms with Gasteiger partial charge in [0, 0.05) is 37.2 Å². The minimum atomic E-state index is -0.472. The molecular formula is C13H26N2O2S. The zero-order valence-corrected chi connectivity index (χ0v) is 12.7. The number of thioether (sulfide) groups is 1. The average Bonchev–Trinajstić information content (AvgIpc) is 2.34. The standard InChI is InChI=1S/C13H26N2O2S/c1-10(2)15(9-11(3)16)13(17)12(4)14-5-7-18-8-6-14/h10-12,16H,5-9H2,1-4H3. The van der Waals surface area contributed by atoms with E-state index in [1.165, 1.54) is 0 Å². The lowest BCUT2D eigenvalue weighted by Crippen LogP contribution is -2.52. The molecule has 1 fully saturated rings. The zero-order chi connectivity index (χ0) is 13.7. The van der Waals surface area contributed by atoms with Gasteiger partial charge in [0.2, 0.25) is 5.91 Å². The predicted molar refractivity (Wildman–Crippen MR) is 76.9 cm³/mol. The molecule has 0 saturated carbocycles. The molecule has 1 aliphatic rings. The monoisotopic (exact) mass is 274 g/mol. The Morgan fingerprint density at radius 1 is 1.28 bits per heavy atom. The first-order chi connectivity index (χ1) is 8.43. The molecule has 2 atom stereocenters. The molecule has 1 rings (SSSR count). The van der Waals surface area contributed by atoms with Crippen molar-refractivity contribution >= 4 is 17.7 Å². The van der Waals surface area contributed by atoms with Crippen LogP contribution in [-0.2, 0) is 4.79 Å². The summed E-state index contributed by atoms with van der Waals surface area (Å²) in [5, 5.41) is 9.50. The van der Waals surface area contributed by atoms with Gasteiger partial charge in [0.15, 0.2) is 0 Å². The number of nitrogens with zero attached hydrogens (tertiary/aromatic N) is 2. The van der Waals surface area contributed by atoms with Crippen molar-refractivity contribution in [2.75, 3.05) is 31.1 Å². The molecule has 0 aromatic rings. The Kier molecular flexibility index (Phi) is 6.46. The number of carbonyl (C=O) groups is 1. The lowest BCUT2D eigenvalue weighted by molar-refractivity contribution is -0.139. The normalized spacial score (nSPS) is 20.8. The topological polar surface area (TPSA) is 43.8 Å². The molecule has 2 unspecified atom stereocenters. The number of hydrogen-bond donors (Lipinski definition) is 1. The fraction of sp³-hybridized carbons (Fsp3) is 0.923. The molecule has 1 heterocycles. The molecule has 0 spiro atoms. The Morgan fingerprint density at radius 2 is 1.83 bits per heavy atom. The third-order valence-electron chi connectivity index (χ3n) is 3.32. The molecule has 0 aromatic carbocycles. The number of amides is 1. The van der Waals surface area contributed by atoms with Crippen molar-refractivity contribution in [1.82, 2.24) is 9.80 Å². The van der Waals surface area contributed by atoms with E-state index in [1.807, 2.05) is 32.5 Å². The Labute approximate surface area is 115 Å². The third-order valence-corrected chi connectivity index (χ3v) is 4.26. The van der Waals surface area contributed by atoms with Crippen LogP contribution >= 0.6 is 11.8 Å². The smallest absolute Gasteiger partial charge is 0.239 e. The number of aliphatic hydroxyl groups is 1. The van der Waals surface area contributed by atoms with Crippen LogP contribution in [0.2, 0.25) is 0 Å². The Bertz CT molecular complexity index is 266. The van der Waals surface area contributed by atoms with Gasteiger partial charge in [0.1, 0.15) is 0 Å². The molecule has 5 heteroatoms. The van der Waals surface area contributed by atoms with Crippen molar-refractivity contribution in [3.05, 3.63) is 0 Å². The van der Waals surface area contributed by atoms with Crippen molar-refractivity contribution in [2.45, 2.75) is 45.9 Å². The number of aliphatic hydroxyl groups excluding tert-OH is 1. The van der Waals surface area contributed by atoms with Gasteiger partial charge in [0.05, 0.1) is 12.1 Å². The molecule has 0 aromatic heterocycles. The van der Waals surface area contributed by atoms with E-state index >= 15 is 0 Å².